The first kappa shape index (κ1) is 17.2. The number of hydrogen-bond acceptors (Lipinski definition) is 1. The van der Waals surface area contributed by atoms with Gasteiger partial charge in [-0.15, -0.1) is 0 Å². The highest BCUT2D eigenvalue weighted by molar-refractivity contribution is 9.10. The number of hydrogen-bond donors (Lipinski definition) is 0. The van der Waals surface area contributed by atoms with Crippen molar-refractivity contribution in [3.63, 3.8) is 0 Å². The van der Waals surface area contributed by atoms with Crippen LogP contribution in [0.1, 0.15) is 26.8 Å². The van der Waals surface area contributed by atoms with Gasteiger partial charge in [-0.2, -0.15) is 0 Å². The number of halogens is 2. The van der Waals surface area contributed by atoms with E-state index in [-0.39, 0.29) is 0 Å². The number of rotatable bonds is 4. The molecule has 0 amide bonds. The Morgan fingerprint density at radius 2 is 1.68 bits per heavy atom. The van der Waals surface area contributed by atoms with Crippen molar-refractivity contribution in [2.24, 2.45) is 0 Å². The highest BCUT2D eigenvalue weighted by atomic mass is 79.9. The van der Waals surface area contributed by atoms with Crippen LogP contribution in [0.4, 0.5) is 0 Å². The monoisotopic (exact) mass is 475 g/mol. The van der Waals surface area contributed by atoms with Crippen molar-refractivity contribution in [2.45, 2.75) is 21.6 Å². The third-order valence-corrected chi connectivity index (χ3v) is 7.81. The number of alkyl halides is 1. The lowest BCUT2D eigenvalue weighted by Crippen LogP contribution is -1.99. The van der Waals surface area contributed by atoms with Crippen LogP contribution >= 0.6 is 31.9 Å². The third-order valence-electron chi connectivity index (χ3n) is 4.31. The van der Waals surface area contributed by atoms with Crippen LogP contribution in [-0.2, 0) is 18.4 Å². The van der Waals surface area contributed by atoms with E-state index in [1.807, 2.05) is 18.2 Å². The van der Waals surface area contributed by atoms with Gasteiger partial charge in [0.05, 0.1) is 4.83 Å². The molecular formula is C21H17Br2OS+. The van der Waals surface area contributed by atoms with Crippen molar-refractivity contribution in [3.05, 3.63) is 94.0 Å². The van der Waals surface area contributed by atoms with Crippen LogP contribution in [-0.4, -0.2) is 0 Å². The zero-order valence-electron chi connectivity index (χ0n) is 13.4. The summed E-state index contributed by atoms with van der Waals surface area (Å²) in [5.74, 6) is 0.936. The van der Waals surface area contributed by atoms with E-state index in [1.54, 1.807) is 0 Å². The number of benzene rings is 3. The van der Waals surface area contributed by atoms with Crippen LogP contribution in [0.25, 0.3) is 0 Å². The van der Waals surface area contributed by atoms with Crippen LogP contribution in [0.5, 0.6) is 5.75 Å². The molecule has 3 aromatic rings. The molecule has 0 fully saturated rings. The zero-order valence-corrected chi connectivity index (χ0v) is 17.5. The minimum absolute atomic E-state index is 0.341. The van der Waals surface area contributed by atoms with Crippen LogP contribution in [0, 0.1) is 0 Å². The van der Waals surface area contributed by atoms with Crippen molar-refractivity contribution < 1.29 is 4.74 Å². The molecule has 4 rings (SSSR count). The summed E-state index contributed by atoms with van der Waals surface area (Å²) in [7, 11) is 0. The molecule has 3 aromatic carbocycles. The van der Waals surface area contributed by atoms with Gasteiger partial charge >= 0.3 is 0 Å². The van der Waals surface area contributed by atoms with Gasteiger partial charge in [0.15, 0.2) is 10.1 Å². The quantitative estimate of drug-likeness (QED) is 0.240. The molecule has 1 aliphatic heterocycles. The van der Waals surface area contributed by atoms with Gasteiger partial charge in [0.2, 0.25) is 0 Å². The predicted molar refractivity (Wildman–Crippen MR) is 113 cm³/mol. The summed E-state index contributed by atoms with van der Waals surface area (Å²) in [6, 6.07) is 25.4. The Hall–Kier alpha value is -1.23. The van der Waals surface area contributed by atoms with Gasteiger partial charge in [0.25, 0.3) is 0 Å². The molecule has 2 atom stereocenters. The average Bonchev–Trinajstić information content (AvgIpc) is 2.98. The molecule has 1 heterocycles. The second-order valence-corrected chi connectivity index (χ2v) is 9.22. The van der Waals surface area contributed by atoms with E-state index >= 15 is 0 Å². The first-order valence-corrected chi connectivity index (χ1v) is 10.8. The molecule has 0 saturated heterocycles. The van der Waals surface area contributed by atoms with Crippen LogP contribution in [0.15, 0.2) is 82.2 Å². The normalized spacial score (nSPS) is 18.8. The molecule has 0 aromatic heterocycles. The largest absolute Gasteiger partial charge is 0.489 e. The van der Waals surface area contributed by atoms with Crippen LogP contribution in [0.3, 0.4) is 0 Å². The fourth-order valence-corrected chi connectivity index (χ4v) is 5.97. The van der Waals surface area contributed by atoms with Gasteiger partial charge < -0.3 is 4.74 Å². The molecular weight excluding hydrogens is 460 g/mol. The summed E-state index contributed by atoms with van der Waals surface area (Å²) in [5.41, 5.74) is 3.91. The number of ether oxygens (including phenoxy) is 1. The second kappa shape index (κ2) is 7.56. The minimum atomic E-state index is 0.341. The summed E-state index contributed by atoms with van der Waals surface area (Å²) in [6.07, 6.45) is 0. The SMILES string of the molecule is Brc1ccc(C2[SH+]c3cc(OCc4ccccc4)ccc3C2Br)cc1. The topological polar surface area (TPSA) is 9.23 Å². The lowest BCUT2D eigenvalue weighted by Gasteiger charge is -2.08. The lowest BCUT2D eigenvalue weighted by atomic mass is 10.0. The molecule has 0 saturated carbocycles. The van der Waals surface area contributed by atoms with E-state index < -0.39 is 0 Å². The maximum Gasteiger partial charge on any atom is 0.163 e. The summed E-state index contributed by atoms with van der Waals surface area (Å²) in [6.45, 7) is 0.602. The predicted octanol–water partition coefficient (Wildman–Crippen LogP) is 6.39. The first-order valence-electron chi connectivity index (χ1n) is 8.12. The summed E-state index contributed by atoms with van der Waals surface area (Å²) in [4.78, 5) is 1.69. The molecule has 4 heteroatoms. The molecule has 0 bridgehead atoms. The van der Waals surface area contributed by atoms with Crippen molar-refractivity contribution in [1.82, 2.24) is 0 Å². The minimum Gasteiger partial charge on any atom is -0.489 e. The number of fused-ring (bicyclic) bond motifs is 1. The summed E-state index contributed by atoms with van der Waals surface area (Å²) < 4.78 is 7.10. The Morgan fingerprint density at radius 1 is 0.920 bits per heavy atom. The van der Waals surface area contributed by atoms with E-state index in [2.05, 4.69) is 86.5 Å². The maximum atomic E-state index is 5.98. The molecule has 25 heavy (non-hydrogen) atoms. The van der Waals surface area contributed by atoms with E-state index in [1.165, 1.54) is 33.3 Å². The smallest absolute Gasteiger partial charge is 0.163 e. The molecule has 126 valence electrons. The Kier molecular flexibility index (Phi) is 5.20. The highest BCUT2D eigenvalue weighted by Gasteiger charge is 2.40. The van der Waals surface area contributed by atoms with Gasteiger partial charge in [-0.05, 0) is 29.8 Å². The number of thiol groups is 1. The Labute approximate surface area is 169 Å². The molecule has 0 radical (unpaired) electrons. The molecule has 1 aliphatic rings. The second-order valence-electron chi connectivity index (χ2n) is 6.02. The Bertz CT molecular complexity index is 865. The van der Waals surface area contributed by atoms with Gasteiger partial charge in [0, 0.05) is 33.4 Å². The van der Waals surface area contributed by atoms with E-state index in [4.69, 9.17) is 4.74 Å². The van der Waals surface area contributed by atoms with Gasteiger partial charge in [-0.25, -0.2) is 0 Å². The lowest BCUT2D eigenvalue weighted by molar-refractivity contribution is 0.305. The summed E-state index contributed by atoms with van der Waals surface area (Å²) >= 11 is 8.74. The fraction of sp³-hybridized carbons (Fsp3) is 0.143. The Morgan fingerprint density at radius 3 is 2.44 bits per heavy atom. The molecule has 1 nitrogen and oxygen atoms in total. The summed E-state index contributed by atoms with van der Waals surface area (Å²) in [5, 5.41) is 0.437. The Balaban J connectivity index is 1.51. The standard InChI is InChI=1S/C21H16Br2OS/c22-16-8-6-15(7-9-16)21-20(23)18-11-10-17(12-19(18)25-21)24-13-14-4-2-1-3-5-14/h1-12,20-21H,13H2/p+1. The van der Waals surface area contributed by atoms with Gasteiger partial charge in [0.1, 0.15) is 12.4 Å². The molecule has 0 N–H and O–H groups in total. The zero-order chi connectivity index (χ0) is 17.2. The van der Waals surface area contributed by atoms with Crippen molar-refractivity contribution in [2.75, 3.05) is 0 Å². The average molecular weight is 477 g/mol. The van der Waals surface area contributed by atoms with Gasteiger partial charge in [-0.1, -0.05) is 74.3 Å². The highest BCUT2D eigenvalue weighted by Crippen LogP contribution is 2.49. The van der Waals surface area contributed by atoms with Crippen LogP contribution in [0.2, 0.25) is 0 Å². The van der Waals surface area contributed by atoms with E-state index in [9.17, 15) is 0 Å². The van der Waals surface area contributed by atoms with Gasteiger partial charge in [-0.3, -0.25) is 0 Å². The maximum absolute atomic E-state index is 5.98. The van der Waals surface area contributed by atoms with Crippen LogP contribution < -0.4 is 4.74 Å². The van der Waals surface area contributed by atoms with E-state index in [0.29, 0.717) is 16.7 Å². The first-order chi connectivity index (χ1) is 12.2. The van der Waals surface area contributed by atoms with Crippen molar-refractivity contribution in [1.29, 1.82) is 0 Å². The molecule has 0 aliphatic carbocycles. The third kappa shape index (κ3) is 3.81. The van der Waals surface area contributed by atoms with E-state index in [0.717, 1.165) is 10.2 Å². The van der Waals surface area contributed by atoms with Crippen molar-refractivity contribution in [3.8, 4) is 5.75 Å². The molecule has 2 unspecified atom stereocenters. The molecule has 0 spiro atoms. The van der Waals surface area contributed by atoms with Crippen molar-refractivity contribution >= 4 is 43.6 Å². The fourth-order valence-electron chi connectivity index (χ4n) is 2.99.